The van der Waals surface area contributed by atoms with E-state index in [-0.39, 0.29) is 6.61 Å². The van der Waals surface area contributed by atoms with Crippen LogP contribution in [0.3, 0.4) is 0 Å². The third kappa shape index (κ3) is 3.82. The summed E-state index contributed by atoms with van der Waals surface area (Å²) in [6.45, 7) is 2.34. The van der Waals surface area contributed by atoms with Crippen molar-refractivity contribution in [1.82, 2.24) is 10.3 Å². The first-order chi connectivity index (χ1) is 6.14. The van der Waals surface area contributed by atoms with E-state index in [0.29, 0.717) is 13.1 Å². The second-order valence-electron chi connectivity index (χ2n) is 3.18. The molecule has 0 aliphatic rings. The lowest BCUT2D eigenvalue weighted by Crippen LogP contribution is -2.40. The number of nitrogens with zero attached hydrogens (tertiary/aromatic N) is 1. The van der Waals surface area contributed by atoms with Crippen molar-refractivity contribution >= 4 is 11.3 Å². The summed E-state index contributed by atoms with van der Waals surface area (Å²) in [5, 5.41) is 24.1. The molecule has 5 heteroatoms. The van der Waals surface area contributed by atoms with Crippen molar-refractivity contribution in [2.45, 2.75) is 19.1 Å². The van der Waals surface area contributed by atoms with E-state index in [1.165, 1.54) is 0 Å². The van der Waals surface area contributed by atoms with Crippen LogP contribution in [0.1, 0.15) is 11.9 Å². The van der Waals surface area contributed by atoms with Gasteiger partial charge in [-0.25, -0.2) is 4.98 Å². The Bertz CT molecular complexity index is 236. The molecule has 0 amide bonds. The largest absolute Gasteiger partial charge is 0.393 e. The van der Waals surface area contributed by atoms with Crippen LogP contribution < -0.4 is 5.32 Å². The number of nitrogens with one attached hydrogen (secondary N) is 1. The van der Waals surface area contributed by atoms with E-state index in [1.54, 1.807) is 24.5 Å². The molecule has 0 aromatic carbocycles. The molecular weight excluding hydrogens is 188 g/mol. The number of hydrogen-bond donors (Lipinski definition) is 3. The summed E-state index contributed by atoms with van der Waals surface area (Å²) in [4.78, 5) is 4.07. The van der Waals surface area contributed by atoms with E-state index < -0.39 is 5.60 Å². The molecule has 0 aliphatic carbocycles. The zero-order valence-corrected chi connectivity index (χ0v) is 8.34. The first-order valence-electron chi connectivity index (χ1n) is 4.06. The number of hydrogen-bond acceptors (Lipinski definition) is 5. The van der Waals surface area contributed by atoms with Gasteiger partial charge >= 0.3 is 0 Å². The average molecular weight is 202 g/mol. The van der Waals surface area contributed by atoms with Gasteiger partial charge in [-0.2, -0.15) is 0 Å². The summed E-state index contributed by atoms with van der Waals surface area (Å²) in [7, 11) is 0. The first kappa shape index (κ1) is 10.6. The van der Waals surface area contributed by atoms with E-state index in [0.717, 1.165) is 5.01 Å². The van der Waals surface area contributed by atoms with Crippen LogP contribution in [0.15, 0.2) is 11.6 Å². The van der Waals surface area contributed by atoms with Crippen LogP contribution >= 0.6 is 11.3 Å². The molecule has 1 aromatic rings. The van der Waals surface area contributed by atoms with Crippen molar-refractivity contribution in [2.75, 3.05) is 13.2 Å². The molecule has 1 unspecified atom stereocenters. The molecule has 0 fully saturated rings. The van der Waals surface area contributed by atoms with Crippen molar-refractivity contribution in [2.24, 2.45) is 0 Å². The van der Waals surface area contributed by atoms with Gasteiger partial charge in [-0.3, -0.25) is 0 Å². The standard InChI is InChI=1S/C8H14N2O2S/c1-8(12,6-11)5-9-4-7-10-2-3-13-7/h2-3,9,11-12H,4-6H2,1H3. The van der Waals surface area contributed by atoms with Gasteiger partial charge in [0, 0.05) is 24.7 Å². The molecular formula is C8H14N2O2S. The highest BCUT2D eigenvalue weighted by atomic mass is 32.1. The van der Waals surface area contributed by atoms with Crippen LogP contribution in [0.2, 0.25) is 0 Å². The number of aliphatic hydroxyl groups is 2. The third-order valence-electron chi connectivity index (χ3n) is 1.61. The Balaban J connectivity index is 2.21. The molecule has 1 rings (SSSR count). The molecule has 0 aliphatic heterocycles. The molecule has 0 spiro atoms. The second kappa shape index (κ2) is 4.66. The van der Waals surface area contributed by atoms with Gasteiger partial charge in [0.25, 0.3) is 0 Å². The molecule has 0 bridgehead atoms. The predicted molar refractivity (Wildman–Crippen MR) is 51.5 cm³/mol. The summed E-state index contributed by atoms with van der Waals surface area (Å²) in [6, 6.07) is 0. The lowest BCUT2D eigenvalue weighted by Gasteiger charge is -2.20. The SMILES string of the molecule is CC(O)(CO)CNCc1nccs1. The topological polar surface area (TPSA) is 65.4 Å². The second-order valence-corrected chi connectivity index (χ2v) is 4.16. The minimum absolute atomic E-state index is 0.238. The zero-order chi connectivity index (χ0) is 9.73. The van der Waals surface area contributed by atoms with Crippen LogP contribution in [-0.4, -0.2) is 33.9 Å². The Hall–Kier alpha value is -0.490. The fourth-order valence-electron chi connectivity index (χ4n) is 0.835. The lowest BCUT2D eigenvalue weighted by atomic mass is 10.1. The molecule has 4 nitrogen and oxygen atoms in total. The summed E-state index contributed by atoms with van der Waals surface area (Å²) in [5.41, 5.74) is -1.04. The summed E-state index contributed by atoms with van der Waals surface area (Å²) >= 11 is 1.56. The molecule has 74 valence electrons. The molecule has 0 radical (unpaired) electrons. The van der Waals surface area contributed by atoms with Crippen molar-refractivity contribution < 1.29 is 10.2 Å². The molecule has 3 N–H and O–H groups in total. The Morgan fingerprint density at radius 3 is 3.00 bits per heavy atom. The summed E-state index contributed by atoms with van der Waals surface area (Å²) < 4.78 is 0. The number of aromatic nitrogens is 1. The van der Waals surface area contributed by atoms with Crippen molar-refractivity contribution in [1.29, 1.82) is 0 Å². The van der Waals surface area contributed by atoms with E-state index in [9.17, 15) is 5.11 Å². The number of aliphatic hydroxyl groups excluding tert-OH is 1. The van der Waals surface area contributed by atoms with Crippen molar-refractivity contribution in [3.63, 3.8) is 0 Å². The highest BCUT2D eigenvalue weighted by Gasteiger charge is 2.17. The highest BCUT2D eigenvalue weighted by molar-refractivity contribution is 7.09. The van der Waals surface area contributed by atoms with Crippen LogP contribution in [0, 0.1) is 0 Å². The van der Waals surface area contributed by atoms with Gasteiger partial charge in [-0.15, -0.1) is 11.3 Å². The predicted octanol–water partition coefficient (Wildman–Crippen LogP) is -0.0240. The Morgan fingerprint density at radius 1 is 1.69 bits per heavy atom. The van der Waals surface area contributed by atoms with Crippen LogP contribution in [0.4, 0.5) is 0 Å². The van der Waals surface area contributed by atoms with Gasteiger partial charge in [0.2, 0.25) is 0 Å². The molecule has 1 aromatic heterocycles. The number of thiazole rings is 1. The monoisotopic (exact) mass is 202 g/mol. The summed E-state index contributed by atoms with van der Waals surface area (Å²) in [5.74, 6) is 0. The molecule has 13 heavy (non-hydrogen) atoms. The van der Waals surface area contributed by atoms with E-state index in [1.807, 2.05) is 5.38 Å². The minimum Gasteiger partial charge on any atom is -0.393 e. The normalized spacial score (nSPS) is 15.6. The first-order valence-corrected chi connectivity index (χ1v) is 4.94. The quantitative estimate of drug-likeness (QED) is 0.627. The van der Waals surface area contributed by atoms with Gasteiger partial charge in [0.1, 0.15) is 5.01 Å². The molecule has 0 saturated heterocycles. The maximum Gasteiger partial charge on any atom is 0.106 e. The molecule has 1 heterocycles. The van der Waals surface area contributed by atoms with Gasteiger partial charge in [-0.1, -0.05) is 0 Å². The van der Waals surface area contributed by atoms with Gasteiger partial charge in [0.05, 0.1) is 12.2 Å². The van der Waals surface area contributed by atoms with E-state index in [4.69, 9.17) is 5.11 Å². The number of rotatable bonds is 5. The van der Waals surface area contributed by atoms with Gasteiger partial charge in [-0.05, 0) is 6.92 Å². The van der Waals surface area contributed by atoms with Crippen molar-refractivity contribution in [3.8, 4) is 0 Å². The van der Waals surface area contributed by atoms with Gasteiger partial charge in [0.15, 0.2) is 0 Å². The van der Waals surface area contributed by atoms with Crippen molar-refractivity contribution in [3.05, 3.63) is 16.6 Å². The third-order valence-corrected chi connectivity index (χ3v) is 2.39. The maximum absolute atomic E-state index is 9.42. The Morgan fingerprint density at radius 2 is 2.46 bits per heavy atom. The lowest BCUT2D eigenvalue weighted by molar-refractivity contribution is 0.00253. The van der Waals surface area contributed by atoms with Crippen LogP contribution in [0.5, 0.6) is 0 Å². The highest BCUT2D eigenvalue weighted by Crippen LogP contribution is 2.04. The van der Waals surface area contributed by atoms with E-state index in [2.05, 4.69) is 10.3 Å². The molecule has 1 atom stereocenters. The zero-order valence-electron chi connectivity index (χ0n) is 7.53. The maximum atomic E-state index is 9.42. The summed E-state index contributed by atoms with van der Waals surface area (Å²) in [6.07, 6.45) is 1.74. The smallest absolute Gasteiger partial charge is 0.106 e. The van der Waals surface area contributed by atoms with Crippen LogP contribution in [0.25, 0.3) is 0 Å². The minimum atomic E-state index is -1.04. The average Bonchev–Trinajstić information content (AvgIpc) is 2.57. The fraction of sp³-hybridized carbons (Fsp3) is 0.625. The fourth-order valence-corrected chi connectivity index (χ4v) is 1.42. The molecule has 0 saturated carbocycles. The Kier molecular flexibility index (Phi) is 3.80. The van der Waals surface area contributed by atoms with Gasteiger partial charge < -0.3 is 15.5 Å². The van der Waals surface area contributed by atoms with Crippen LogP contribution in [-0.2, 0) is 6.54 Å². The van der Waals surface area contributed by atoms with E-state index >= 15 is 0 Å². The Labute approximate surface area is 81.3 Å².